The summed E-state index contributed by atoms with van der Waals surface area (Å²) >= 11 is 0. The Hall–Kier alpha value is -1.55. The van der Waals surface area contributed by atoms with Gasteiger partial charge in [-0.15, -0.1) is 0 Å². The Bertz CT molecular complexity index is 584. The van der Waals surface area contributed by atoms with E-state index >= 15 is 0 Å². The zero-order valence-electron chi connectivity index (χ0n) is 13.0. The SMILES string of the molecule is O=C(c1ccc2c(c1)CCN2O)N1CCCC2CCCC[C@H]21. The molecule has 1 amide bonds. The molecule has 0 spiro atoms. The van der Waals surface area contributed by atoms with E-state index in [4.69, 9.17) is 0 Å². The molecule has 1 N–H and O–H groups in total. The number of carbonyl (C=O) groups excluding carboxylic acids is 1. The van der Waals surface area contributed by atoms with Crippen molar-refractivity contribution in [3.05, 3.63) is 29.3 Å². The first-order valence-corrected chi connectivity index (χ1v) is 8.64. The molecule has 1 saturated heterocycles. The van der Waals surface area contributed by atoms with Gasteiger partial charge in [-0.05, 0) is 61.8 Å². The van der Waals surface area contributed by atoms with Crippen LogP contribution in [0.25, 0.3) is 0 Å². The van der Waals surface area contributed by atoms with Crippen LogP contribution in [0.5, 0.6) is 0 Å². The fraction of sp³-hybridized carbons (Fsp3) is 0.611. The lowest BCUT2D eigenvalue weighted by molar-refractivity contribution is 0.0390. The van der Waals surface area contributed by atoms with E-state index in [1.165, 1.54) is 37.2 Å². The maximum absolute atomic E-state index is 13.0. The number of likely N-dealkylation sites (tertiary alicyclic amines) is 1. The van der Waals surface area contributed by atoms with Gasteiger partial charge in [0.25, 0.3) is 5.91 Å². The Morgan fingerprint density at radius 2 is 1.91 bits per heavy atom. The maximum Gasteiger partial charge on any atom is 0.254 e. The summed E-state index contributed by atoms with van der Waals surface area (Å²) in [5, 5.41) is 11.0. The smallest absolute Gasteiger partial charge is 0.254 e. The van der Waals surface area contributed by atoms with Gasteiger partial charge in [-0.25, -0.2) is 0 Å². The van der Waals surface area contributed by atoms with Crippen molar-refractivity contribution in [2.45, 2.75) is 51.0 Å². The molecule has 4 nitrogen and oxygen atoms in total. The van der Waals surface area contributed by atoms with Crippen molar-refractivity contribution < 1.29 is 10.0 Å². The van der Waals surface area contributed by atoms with Gasteiger partial charge in [0.15, 0.2) is 0 Å². The molecule has 2 fully saturated rings. The molecule has 1 aromatic rings. The number of hydroxylamine groups is 1. The van der Waals surface area contributed by atoms with Crippen molar-refractivity contribution >= 4 is 11.6 Å². The van der Waals surface area contributed by atoms with Gasteiger partial charge >= 0.3 is 0 Å². The number of amides is 1. The number of hydrogen-bond acceptors (Lipinski definition) is 3. The van der Waals surface area contributed by atoms with Crippen molar-refractivity contribution in [1.29, 1.82) is 0 Å². The van der Waals surface area contributed by atoms with Crippen LogP contribution >= 0.6 is 0 Å². The Balaban J connectivity index is 1.58. The van der Waals surface area contributed by atoms with Crippen LogP contribution in [0.2, 0.25) is 0 Å². The Labute approximate surface area is 131 Å². The monoisotopic (exact) mass is 300 g/mol. The van der Waals surface area contributed by atoms with Crippen LogP contribution in [0, 0.1) is 5.92 Å². The van der Waals surface area contributed by atoms with Gasteiger partial charge in [0, 0.05) is 24.7 Å². The molecule has 22 heavy (non-hydrogen) atoms. The number of hydrogen-bond donors (Lipinski definition) is 1. The third kappa shape index (κ3) is 2.30. The zero-order valence-corrected chi connectivity index (χ0v) is 13.0. The fourth-order valence-electron chi connectivity index (χ4n) is 4.56. The standard InChI is InChI=1S/C18H24N2O2/c21-18(15-7-8-17-14(12-15)9-11-20(17)22)19-10-3-5-13-4-1-2-6-16(13)19/h7-8,12-13,16,22H,1-6,9-11H2/t13?,16-/m1/s1. The summed E-state index contributed by atoms with van der Waals surface area (Å²) in [6.07, 6.45) is 8.30. The summed E-state index contributed by atoms with van der Waals surface area (Å²) in [7, 11) is 0. The highest BCUT2D eigenvalue weighted by atomic mass is 16.5. The van der Waals surface area contributed by atoms with Crippen LogP contribution in [0.4, 0.5) is 5.69 Å². The molecule has 2 aliphatic heterocycles. The van der Waals surface area contributed by atoms with Gasteiger partial charge in [-0.2, -0.15) is 0 Å². The average Bonchev–Trinajstić information content (AvgIpc) is 2.94. The molecule has 1 aliphatic carbocycles. The molecule has 4 rings (SSSR count). The summed E-state index contributed by atoms with van der Waals surface area (Å²) < 4.78 is 0. The second-order valence-corrected chi connectivity index (χ2v) is 6.97. The highest BCUT2D eigenvalue weighted by Gasteiger charge is 2.36. The van der Waals surface area contributed by atoms with Crippen molar-refractivity contribution in [2.24, 2.45) is 5.92 Å². The summed E-state index contributed by atoms with van der Waals surface area (Å²) in [5.41, 5.74) is 2.73. The van der Waals surface area contributed by atoms with Gasteiger partial charge in [-0.1, -0.05) is 12.8 Å². The molecule has 0 bridgehead atoms. The number of carbonyl (C=O) groups is 1. The van der Waals surface area contributed by atoms with Crippen molar-refractivity contribution in [1.82, 2.24) is 4.90 Å². The lowest BCUT2D eigenvalue weighted by Gasteiger charge is -2.44. The minimum Gasteiger partial charge on any atom is -0.335 e. The van der Waals surface area contributed by atoms with Crippen LogP contribution in [-0.4, -0.2) is 35.1 Å². The number of benzene rings is 1. The molecular weight excluding hydrogens is 276 g/mol. The fourth-order valence-corrected chi connectivity index (χ4v) is 4.56. The van der Waals surface area contributed by atoms with Crippen molar-refractivity contribution in [3.63, 3.8) is 0 Å². The van der Waals surface area contributed by atoms with E-state index in [-0.39, 0.29) is 5.91 Å². The largest absolute Gasteiger partial charge is 0.335 e. The van der Waals surface area contributed by atoms with Gasteiger partial charge in [0.05, 0.1) is 5.69 Å². The first kappa shape index (κ1) is 14.1. The number of fused-ring (bicyclic) bond motifs is 2. The Morgan fingerprint density at radius 3 is 2.82 bits per heavy atom. The molecule has 3 aliphatic rings. The van der Waals surface area contributed by atoms with Crippen molar-refractivity contribution in [3.8, 4) is 0 Å². The normalized spacial score (nSPS) is 27.5. The Morgan fingerprint density at radius 1 is 1.09 bits per heavy atom. The number of rotatable bonds is 1. The summed E-state index contributed by atoms with van der Waals surface area (Å²) in [6, 6.07) is 6.21. The van der Waals surface area contributed by atoms with Crippen molar-refractivity contribution in [2.75, 3.05) is 18.2 Å². The predicted molar refractivity (Wildman–Crippen MR) is 85.3 cm³/mol. The highest BCUT2D eigenvalue weighted by molar-refractivity contribution is 5.95. The lowest BCUT2D eigenvalue weighted by atomic mass is 9.78. The van der Waals surface area contributed by atoms with E-state index < -0.39 is 0 Å². The molecule has 4 heteroatoms. The topological polar surface area (TPSA) is 43.8 Å². The minimum atomic E-state index is 0.191. The average molecular weight is 300 g/mol. The molecule has 1 unspecified atom stereocenters. The summed E-state index contributed by atoms with van der Waals surface area (Å²) in [5.74, 6) is 0.907. The number of nitrogens with zero attached hydrogens (tertiary/aromatic N) is 2. The first-order chi connectivity index (χ1) is 10.7. The second kappa shape index (κ2) is 5.58. The molecule has 1 aromatic carbocycles. The van der Waals surface area contributed by atoms with Crippen LogP contribution in [-0.2, 0) is 6.42 Å². The van der Waals surface area contributed by atoms with E-state index in [9.17, 15) is 10.0 Å². The molecule has 2 heterocycles. The quantitative estimate of drug-likeness (QED) is 0.866. The third-order valence-electron chi connectivity index (χ3n) is 5.70. The van der Waals surface area contributed by atoms with Crippen LogP contribution < -0.4 is 5.06 Å². The number of anilines is 1. The number of piperidine rings is 1. The van der Waals surface area contributed by atoms with E-state index in [0.29, 0.717) is 18.5 Å². The minimum absolute atomic E-state index is 0.191. The maximum atomic E-state index is 13.0. The molecule has 118 valence electrons. The van der Waals surface area contributed by atoms with Gasteiger partial charge in [0.1, 0.15) is 0 Å². The van der Waals surface area contributed by atoms with Gasteiger partial charge in [0.2, 0.25) is 0 Å². The lowest BCUT2D eigenvalue weighted by Crippen LogP contribution is -2.49. The van der Waals surface area contributed by atoms with E-state index in [1.807, 2.05) is 18.2 Å². The summed E-state index contributed by atoms with van der Waals surface area (Å²) in [4.78, 5) is 15.1. The van der Waals surface area contributed by atoms with Gasteiger partial charge in [-0.3, -0.25) is 15.1 Å². The van der Waals surface area contributed by atoms with Gasteiger partial charge < -0.3 is 4.90 Å². The van der Waals surface area contributed by atoms with Crippen LogP contribution in [0.15, 0.2) is 18.2 Å². The zero-order chi connectivity index (χ0) is 15.1. The highest BCUT2D eigenvalue weighted by Crippen LogP contribution is 2.36. The first-order valence-electron chi connectivity index (χ1n) is 8.64. The molecule has 1 saturated carbocycles. The molecule has 2 atom stereocenters. The van der Waals surface area contributed by atoms with E-state index in [2.05, 4.69) is 4.90 Å². The molecular formula is C18H24N2O2. The van der Waals surface area contributed by atoms with Crippen LogP contribution in [0.1, 0.15) is 54.4 Å². The Kier molecular flexibility index (Phi) is 3.57. The molecule has 0 radical (unpaired) electrons. The molecule has 0 aromatic heterocycles. The second-order valence-electron chi connectivity index (χ2n) is 6.97. The summed E-state index contributed by atoms with van der Waals surface area (Å²) in [6.45, 7) is 1.53. The third-order valence-corrected chi connectivity index (χ3v) is 5.70. The van der Waals surface area contributed by atoms with E-state index in [1.54, 1.807) is 0 Å². The predicted octanol–water partition coefficient (Wildman–Crippen LogP) is 3.23. The van der Waals surface area contributed by atoms with E-state index in [0.717, 1.165) is 36.2 Å². The van der Waals surface area contributed by atoms with Crippen LogP contribution in [0.3, 0.4) is 0 Å².